The molecule has 0 spiro atoms. The normalized spacial score (nSPS) is 18.8. The molecule has 7 heteroatoms. The average molecular weight is 430 g/mol. The lowest BCUT2D eigenvalue weighted by molar-refractivity contribution is -0.135. The minimum atomic E-state index is -1.20. The number of fused-ring (bicyclic) bond motifs is 1. The number of carbonyl (C=O) groups excluding carboxylic acids is 3. The van der Waals surface area contributed by atoms with E-state index in [4.69, 9.17) is 4.42 Å². The van der Waals surface area contributed by atoms with Crippen molar-refractivity contribution >= 4 is 44.2 Å². The van der Waals surface area contributed by atoms with Gasteiger partial charge in [-0.25, -0.2) is 4.98 Å². The summed E-state index contributed by atoms with van der Waals surface area (Å²) in [6, 6.07) is 15.5. The smallest absolute Gasteiger partial charge is 0.297 e. The molecule has 2 unspecified atom stereocenters. The third-order valence-corrected chi connectivity index (χ3v) is 6.52. The maximum absolute atomic E-state index is 13.2. The summed E-state index contributed by atoms with van der Waals surface area (Å²) in [7, 11) is 0. The number of aromatic nitrogens is 1. The highest BCUT2D eigenvalue weighted by atomic mass is 32.1. The minimum Gasteiger partial charge on any atom is -0.461 e. The second kappa shape index (κ2) is 7.28. The molecule has 1 aliphatic heterocycles. The van der Waals surface area contributed by atoms with Gasteiger partial charge >= 0.3 is 0 Å². The second-order valence-corrected chi connectivity index (χ2v) is 8.65. The Morgan fingerprint density at radius 1 is 1.06 bits per heavy atom. The Morgan fingerprint density at radius 3 is 2.55 bits per heavy atom. The van der Waals surface area contributed by atoms with E-state index in [2.05, 4.69) is 4.98 Å². The first-order valence-corrected chi connectivity index (χ1v) is 10.6. The van der Waals surface area contributed by atoms with Gasteiger partial charge in [-0.1, -0.05) is 47.7 Å². The van der Waals surface area contributed by atoms with Gasteiger partial charge in [0, 0.05) is 0 Å². The van der Waals surface area contributed by atoms with Crippen molar-refractivity contribution in [3.05, 3.63) is 83.3 Å². The highest BCUT2D eigenvalue weighted by Crippen LogP contribution is 2.44. The number of amides is 1. The molecule has 0 saturated carbocycles. The summed E-state index contributed by atoms with van der Waals surface area (Å²) in [5, 5.41) is 0.408. The second-order valence-electron chi connectivity index (χ2n) is 7.64. The molecule has 2 aromatic heterocycles. The van der Waals surface area contributed by atoms with Crippen LogP contribution < -0.4 is 4.90 Å². The first kappa shape index (κ1) is 19.4. The van der Waals surface area contributed by atoms with Gasteiger partial charge in [-0.2, -0.15) is 0 Å². The maximum Gasteiger partial charge on any atom is 0.297 e. The Labute approximate surface area is 182 Å². The van der Waals surface area contributed by atoms with Gasteiger partial charge in [-0.05, 0) is 48.7 Å². The molecule has 2 aromatic carbocycles. The van der Waals surface area contributed by atoms with Gasteiger partial charge in [0.2, 0.25) is 11.6 Å². The molecule has 1 amide bonds. The third-order valence-electron chi connectivity index (χ3n) is 5.52. The molecule has 2 atom stereocenters. The van der Waals surface area contributed by atoms with E-state index >= 15 is 0 Å². The van der Waals surface area contributed by atoms with Crippen LogP contribution in [0.2, 0.25) is 0 Å². The van der Waals surface area contributed by atoms with Crippen LogP contribution in [0.1, 0.15) is 33.3 Å². The first-order chi connectivity index (χ1) is 15.0. The molecule has 6 nitrogen and oxygen atoms in total. The number of furan rings is 1. The van der Waals surface area contributed by atoms with Crippen molar-refractivity contribution < 1.29 is 18.8 Å². The van der Waals surface area contributed by atoms with E-state index in [0.717, 1.165) is 21.3 Å². The molecule has 0 N–H and O–H groups in total. The highest BCUT2D eigenvalue weighted by Gasteiger charge is 2.53. The summed E-state index contributed by atoms with van der Waals surface area (Å²) in [4.78, 5) is 45.5. The van der Waals surface area contributed by atoms with Crippen molar-refractivity contribution in [3.8, 4) is 0 Å². The van der Waals surface area contributed by atoms with Crippen molar-refractivity contribution in [2.75, 3.05) is 4.90 Å². The predicted octanol–water partition coefficient (Wildman–Crippen LogP) is 4.66. The fraction of sp³-hybridized carbons (Fsp3) is 0.167. The van der Waals surface area contributed by atoms with E-state index in [0.29, 0.717) is 10.7 Å². The van der Waals surface area contributed by atoms with Gasteiger partial charge in [-0.3, -0.25) is 19.3 Å². The Balaban J connectivity index is 1.68. The topological polar surface area (TPSA) is 80.5 Å². The van der Waals surface area contributed by atoms with Crippen molar-refractivity contribution in [1.29, 1.82) is 0 Å². The number of rotatable bonds is 4. The average Bonchev–Trinajstić information content (AvgIpc) is 3.48. The zero-order valence-corrected chi connectivity index (χ0v) is 17.7. The molecule has 31 heavy (non-hydrogen) atoms. The quantitative estimate of drug-likeness (QED) is 0.267. The van der Waals surface area contributed by atoms with Crippen molar-refractivity contribution in [2.24, 2.45) is 5.92 Å². The highest BCUT2D eigenvalue weighted by molar-refractivity contribution is 7.22. The van der Waals surface area contributed by atoms with Gasteiger partial charge in [0.25, 0.3) is 5.91 Å². The predicted molar refractivity (Wildman–Crippen MR) is 117 cm³/mol. The van der Waals surface area contributed by atoms with Crippen molar-refractivity contribution in [3.63, 3.8) is 0 Å². The molecule has 3 heterocycles. The number of benzene rings is 2. The van der Waals surface area contributed by atoms with Crippen LogP contribution in [0.15, 0.2) is 65.3 Å². The van der Waals surface area contributed by atoms with E-state index in [9.17, 15) is 14.4 Å². The fourth-order valence-corrected chi connectivity index (χ4v) is 5.34. The van der Waals surface area contributed by atoms with Gasteiger partial charge in [-0.15, -0.1) is 0 Å². The number of ketones is 2. The number of aryl methyl sites for hydroxylation is 2. The molecule has 1 aliphatic rings. The van der Waals surface area contributed by atoms with Crippen LogP contribution in [-0.2, 0) is 9.59 Å². The fourth-order valence-electron chi connectivity index (χ4n) is 4.16. The standard InChI is InChI=1S/C24H18N2O4S/c1-13-11-14(2)19-17(12-13)31-24(25-19)26-20(15-7-4-3-5-8-15)18(22(28)23(26)29)21(27)16-9-6-10-30-16/h3-12,18,20H,1-2H3. The lowest BCUT2D eigenvalue weighted by Crippen LogP contribution is -2.30. The SMILES string of the molecule is Cc1cc(C)c2nc(N3C(=O)C(=O)C(C(=O)c4ccco4)C3c3ccccc3)sc2c1. The lowest BCUT2D eigenvalue weighted by atomic mass is 9.88. The lowest BCUT2D eigenvalue weighted by Gasteiger charge is -2.24. The summed E-state index contributed by atoms with van der Waals surface area (Å²) < 4.78 is 6.18. The monoisotopic (exact) mass is 430 g/mol. The number of hydrogen-bond acceptors (Lipinski definition) is 6. The number of thiazole rings is 1. The maximum atomic E-state index is 13.2. The van der Waals surface area contributed by atoms with Gasteiger partial charge in [0.1, 0.15) is 5.92 Å². The minimum absolute atomic E-state index is 0.0599. The summed E-state index contributed by atoms with van der Waals surface area (Å²) in [6.07, 6.45) is 1.38. The van der Waals surface area contributed by atoms with Gasteiger partial charge in [0.05, 0.1) is 22.5 Å². The van der Waals surface area contributed by atoms with Crippen LogP contribution in [-0.4, -0.2) is 22.5 Å². The number of nitrogens with zero attached hydrogens (tertiary/aromatic N) is 2. The molecule has 154 valence electrons. The number of Topliss-reactive ketones (excluding diaryl/α,β-unsaturated/α-hetero) is 2. The van der Waals surface area contributed by atoms with E-state index in [1.165, 1.54) is 28.6 Å². The first-order valence-electron chi connectivity index (χ1n) is 9.83. The summed E-state index contributed by atoms with van der Waals surface area (Å²) >= 11 is 1.35. The Bertz CT molecular complexity index is 1320. The summed E-state index contributed by atoms with van der Waals surface area (Å²) in [5.74, 6) is -3.12. The van der Waals surface area contributed by atoms with Gasteiger partial charge < -0.3 is 4.42 Å². The van der Waals surface area contributed by atoms with Crippen LogP contribution in [0.4, 0.5) is 5.13 Å². The zero-order valence-electron chi connectivity index (χ0n) is 16.9. The van der Waals surface area contributed by atoms with Crippen LogP contribution in [0.25, 0.3) is 10.2 Å². The number of carbonyl (C=O) groups is 3. The van der Waals surface area contributed by atoms with Crippen molar-refractivity contribution in [2.45, 2.75) is 19.9 Å². The largest absolute Gasteiger partial charge is 0.461 e. The van der Waals surface area contributed by atoms with Crippen molar-refractivity contribution in [1.82, 2.24) is 4.98 Å². The van der Waals surface area contributed by atoms with Crippen LogP contribution >= 0.6 is 11.3 Å². The van der Waals surface area contributed by atoms with E-state index < -0.39 is 29.4 Å². The molecule has 5 rings (SSSR count). The third kappa shape index (κ3) is 3.09. The van der Waals surface area contributed by atoms with E-state index in [1.54, 1.807) is 6.07 Å². The molecule has 0 bridgehead atoms. The molecule has 1 fully saturated rings. The number of anilines is 1. The molecular weight excluding hydrogens is 412 g/mol. The molecule has 0 radical (unpaired) electrons. The van der Waals surface area contributed by atoms with Crippen LogP contribution in [0.5, 0.6) is 0 Å². The van der Waals surface area contributed by atoms with E-state index in [-0.39, 0.29) is 5.76 Å². The summed E-state index contributed by atoms with van der Waals surface area (Å²) in [6.45, 7) is 3.97. The Hall–Kier alpha value is -3.58. The molecule has 1 saturated heterocycles. The van der Waals surface area contributed by atoms with Crippen LogP contribution in [0, 0.1) is 19.8 Å². The Morgan fingerprint density at radius 2 is 1.84 bits per heavy atom. The number of hydrogen-bond donors (Lipinski definition) is 0. The summed E-state index contributed by atoms with van der Waals surface area (Å²) in [5.41, 5.74) is 3.57. The Kier molecular flexibility index (Phi) is 4.55. The molecule has 0 aliphatic carbocycles. The molecule has 4 aromatic rings. The van der Waals surface area contributed by atoms with E-state index in [1.807, 2.05) is 56.3 Å². The zero-order chi connectivity index (χ0) is 21.7. The van der Waals surface area contributed by atoms with Gasteiger partial charge in [0.15, 0.2) is 10.9 Å². The van der Waals surface area contributed by atoms with Crippen LogP contribution in [0.3, 0.4) is 0 Å². The molecular formula is C24H18N2O4S.